The van der Waals surface area contributed by atoms with Gasteiger partial charge in [0.05, 0.1) is 12.1 Å². The summed E-state index contributed by atoms with van der Waals surface area (Å²) in [5, 5.41) is 6.49. The maximum Gasteiger partial charge on any atom is 0.237 e. The van der Waals surface area contributed by atoms with Crippen molar-refractivity contribution in [1.29, 1.82) is 0 Å². The lowest BCUT2D eigenvalue weighted by Crippen LogP contribution is -2.67. The Bertz CT molecular complexity index is 329. The summed E-state index contributed by atoms with van der Waals surface area (Å²) >= 11 is 0. The number of nitrogens with one attached hydrogen (secondary N) is 2. The number of hydrogen-bond acceptors (Lipinski definition) is 3. The molecule has 104 valence electrons. The van der Waals surface area contributed by atoms with Gasteiger partial charge in [-0.2, -0.15) is 0 Å². The summed E-state index contributed by atoms with van der Waals surface area (Å²) in [5.41, 5.74) is 0.0927. The van der Waals surface area contributed by atoms with Crippen LogP contribution >= 0.6 is 12.4 Å². The molecule has 0 bridgehead atoms. The van der Waals surface area contributed by atoms with Crippen molar-refractivity contribution in [2.45, 2.75) is 51.3 Å². The second-order valence-corrected chi connectivity index (χ2v) is 6.20. The van der Waals surface area contributed by atoms with Gasteiger partial charge >= 0.3 is 0 Å². The molecule has 3 aliphatic rings. The van der Waals surface area contributed by atoms with Crippen LogP contribution in [0.25, 0.3) is 0 Å². The Balaban J connectivity index is 0.00000120. The van der Waals surface area contributed by atoms with Crippen LogP contribution in [-0.2, 0) is 9.53 Å². The molecule has 2 N–H and O–H groups in total. The first-order valence-corrected chi connectivity index (χ1v) is 6.76. The Morgan fingerprint density at radius 2 is 2.17 bits per heavy atom. The molecule has 5 heteroatoms. The molecule has 2 saturated heterocycles. The minimum absolute atomic E-state index is 0. The fourth-order valence-electron chi connectivity index (χ4n) is 3.78. The summed E-state index contributed by atoms with van der Waals surface area (Å²) in [6, 6.07) is 0.331. The van der Waals surface area contributed by atoms with Crippen LogP contribution < -0.4 is 10.6 Å². The van der Waals surface area contributed by atoms with E-state index < -0.39 is 0 Å². The van der Waals surface area contributed by atoms with E-state index in [-0.39, 0.29) is 29.8 Å². The Hall–Kier alpha value is -0.320. The van der Waals surface area contributed by atoms with Crippen LogP contribution in [0.15, 0.2) is 0 Å². The molecule has 3 fully saturated rings. The summed E-state index contributed by atoms with van der Waals surface area (Å²) in [6.07, 6.45) is 3.53. The van der Waals surface area contributed by atoms with Gasteiger partial charge in [0.15, 0.2) is 0 Å². The van der Waals surface area contributed by atoms with E-state index >= 15 is 0 Å². The molecule has 18 heavy (non-hydrogen) atoms. The van der Waals surface area contributed by atoms with Crippen LogP contribution in [-0.4, -0.2) is 37.2 Å². The molecule has 2 aliphatic heterocycles. The first-order chi connectivity index (χ1) is 8.10. The van der Waals surface area contributed by atoms with E-state index in [9.17, 15) is 4.79 Å². The second-order valence-electron chi connectivity index (χ2n) is 6.20. The highest BCUT2D eigenvalue weighted by atomic mass is 35.5. The average Bonchev–Trinajstić information content (AvgIpc) is 2.95. The van der Waals surface area contributed by atoms with Crippen LogP contribution in [0.4, 0.5) is 0 Å². The van der Waals surface area contributed by atoms with Crippen molar-refractivity contribution in [2.75, 3.05) is 13.2 Å². The van der Waals surface area contributed by atoms with E-state index in [4.69, 9.17) is 4.74 Å². The molecular formula is C13H23ClN2O2. The van der Waals surface area contributed by atoms with Gasteiger partial charge in [-0.3, -0.25) is 4.79 Å². The normalized spacial score (nSPS) is 40.6. The number of hydrogen-bond donors (Lipinski definition) is 2. The molecule has 4 atom stereocenters. The zero-order valence-electron chi connectivity index (χ0n) is 11.1. The first-order valence-electron chi connectivity index (χ1n) is 6.76. The number of rotatable bonds is 2. The van der Waals surface area contributed by atoms with Gasteiger partial charge in [-0.05, 0) is 25.8 Å². The fraction of sp³-hybridized carbons (Fsp3) is 0.923. The summed E-state index contributed by atoms with van der Waals surface area (Å²) in [7, 11) is 0. The lowest BCUT2D eigenvalue weighted by molar-refractivity contribution is -0.139. The fourth-order valence-corrected chi connectivity index (χ4v) is 3.78. The van der Waals surface area contributed by atoms with Gasteiger partial charge in [0.2, 0.25) is 5.91 Å². The van der Waals surface area contributed by atoms with Crippen molar-refractivity contribution in [3.05, 3.63) is 0 Å². The SMILES string of the molecule is CC1(C)C(NC(=O)C2CCCN2)C2CCOC21.Cl. The number of carbonyl (C=O) groups excluding carboxylic acids is 1. The Morgan fingerprint density at radius 1 is 1.39 bits per heavy atom. The number of halogens is 1. The quantitative estimate of drug-likeness (QED) is 0.793. The zero-order chi connectivity index (χ0) is 12.0. The van der Waals surface area contributed by atoms with Crippen molar-refractivity contribution in [1.82, 2.24) is 10.6 Å². The van der Waals surface area contributed by atoms with Gasteiger partial charge < -0.3 is 15.4 Å². The minimum Gasteiger partial charge on any atom is -0.377 e. The highest BCUT2D eigenvalue weighted by molar-refractivity contribution is 5.85. The minimum atomic E-state index is 0. The summed E-state index contributed by atoms with van der Waals surface area (Å²) < 4.78 is 5.74. The van der Waals surface area contributed by atoms with E-state index in [1.165, 1.54) is 0 Å². The van der Waals surface area contributed by atoms with E-state index in [0.29, 0.717) is 18.1 Å². The van der Waals surface area contributed by atoms with Crippen LogP contribution in [0.5, 0.6) is 0 Å². The molecule has 1 aliphatic carbocycles. The molecule has 0 aromatic heterocycles. The maximum atomic E-state index is 12.1. The van der Waals surface area contributed by atoms with Crippen molar-refractivity contribution in [3.8, 4) is 0 Å². The van der Waals surface area contributed by atoms with Crippen molar-refractivity contribution < 1.29 is 9.53 Å². The van der Waals surface area contributed by atoms with Crippen LogP contribution in [0.2, 0.25) is 0 Å². The number of ether oxygens (including phenoxy) is 1. The van der Waals surface area contributed by atoms with E-state index in [0.717, 1.165) is 32.4 Å². The summed E-state index contributed by atoms with van der Waals surface area (Å²) in [6.45, 7) is 6.23. The molecule has 2 heterocycles. The summed E-state index contributed by atoms with van der Waals surface area (Å²) in [4.78, 5) is 12.1. The summed E-state index contributed by atoms with van der Waals surface area (Å²) in [5.74, 6) is 0.723. The molecule has 0 radical (unpaired) electrons. The van der Waals surface area contributed by atoms with Gasteiger partial charge in [0, 0.05) is 24.0 Å². The molecule has 1 amide bonds. The zero-order valence-corrected chi connectivity index (χ0v) is 11.9. The molecule has 0 aromatic rings. The predicted molar refractivity (Wildman–Crippen MR) is 71.8 cm³/mol. The monoisotopic (exact) mass is 274 g/mol. The Morgan fingerprint density at radius 3 is 2.83 bits per heavy atom. The average molecular weight is 275 g/mol. The van der Waals surface area contributed by atoms with Gasteiger partial charge in [-0.1, -0.05) is 13.8 Å². The lowest BCUT2D eigenvalue weighted by Gasteiger charge is -2.54. The second kappa shape index (κ2) is 4.99. The highest BCUT2D eigenvalue weighted by Crippen LogP contribution is 2.52. The molecule has 3 rings (SSSR count). The third-order valence-corrected chi connectivity index (χ3v) is 4.78. The largest absolute Gasteiger partial charge is 0.377 e. The number of amides is 1. The third kappa shape index (κ3) is 2.04. The van der Waals surface area contributed by atoms with Gasteiger partial charge in [0.25, 0.3) is 0 Å². The molecule has 0 spiro atoms. The van der Waals surface area contributed by atoms with Crippen LogP contribution in [0.1, 0.15) is 33.1 Å². The van der Waals surface area contributed by atoms with Gasteiger partial charge in [-0.15, -0.1) is 12.4 Å². The molecule has 4 unspecified atom stereocenters. The molecular weight excluding hydrogens is 252 g/mol. The lowest BCUT2D eigenvalue weighted by atomic mass is 9.57. The van der Waals surface area contributed by atoms with Crippen molar-refractivity contribution in [3.63, 3.8) is 0 Å². The maximum absolute atomic E-state index is 12.1. The van der Waals surface area contributed by atoms with Gasteiger partial charge in [-0.25, -0.2) is 0 Å². The van der Waals surface area contributed by atoms with Crippen molar-refractivity contribution >= 4 is 18.3 Å². The first kappa shape index (κ1) is 14.1. The van der Waals surface area contributed by atoms with E-state index in [1.54, 1.807) is 0 Å². The van der Waals surface area contributed by atoms with Gasteiger partial charge in [0.1, 0.15) is 0 Å². The topological polar surface area (TPSA) is 50.4 Å². The standard InChI is InChI=1S/C13H22N2O2.ClH/c1-13(2)10(8-5-7-17-11(8)13)15-12(16)9-4-3-6-14-9;/h8-11,14H,3-7H2,1-2H3,(H,15,16);1H. The third-order valence-electron chi connectivity index (χ3n) is 4.78. The smallest absolute Gasteiger partial charge is 0.237 e. The predicted octanol–water partition coefficient (Wildman–Crippen LogP) is 1.09. The highest BCUT2D eigenvalue weighted by Gasteiger charge is 2.59. The molecule has 0 aromatic carbocycles. The molecule has 1 saturated carbocycles. The van der Waals surface area contributed by atoms with Crippen LogP contribution in [0, 0.1) is 11.3 Å². The Labute approximate surface area is 115 Å². The number of fused-ring (bicyclic) bond motifs is 1. The Kier molecular flexibility index (Phi) is 3.90. The van der Waals surface area contributed by atoms with E-state index in [1.807, 2.05) is 0 Å². The number of carbonyl (C=O) groups is 1. The van der Waals surface area contributed by atoms with Crippen LogP contribution in [0.3, 0.4) is 0 Å². The van der Waals surface area contributed by atoms with Crippen molar-refractivity contribution in [2.24, 2.45) is 11.3 Å². The van der Waals surface area contributed by atoms with E-state index in [2.05, 4.69) is 24.5 Å². The molecule has 4 nitrogen and oxygen atoms in total.